The number of primary amides is 1. The van der Waals surface area contributed by atoms with E-state index >= 15 is 0 Å². The van der Waals surface area contributed by atoms with Gasteiger partial charge in [0.15, 0.2) is 0 Å². The number of carbonyl (C=O) groups excluding carboxylic acids is 2. The molecule has 2 aliphatic heterocycles. The van der Waals surface area contributed by atoms with Gasteiger partial charge in [0, 0.05) is 30.2 Å². The van der Waals surface area contributed by atoms with Gasteiger partial charge in [-0.25, -0.2) is 0 Å². The maximum Gasteiger partial charge on any atom is 0.417 e. The number of amides is 2. The molecule has 1 aromatic heterocycles. The van der Waals surface area contributed by atoms with E-state index in [2.05, 4.69) is 0 Å². The lowest BCUT2D eigenvalue weighted by Crippen LogP contribution is -2.45. The molecule has 3 heterocycles. The van der Waals surface area contributed by atoms with Gasteiger partial charge >= 0.3 is 6.18 Å². The number of alkyl halides is 3. The van der Waals surface area contributed by atoms with Crippen LogP contribution in [0.4, 0.5) is 18.9 Å². The first kappa shape index (κ1) is 23.1. The van der Waals surface area contributed by atoms with Crippen molar-refractivity contribution in [2.24, 2.45) is 11.1 Å². The summed E-state index contributed by atoms with van der Waals surface area (Å²) in [6.07, 6.45) is -2.67. The van der Waals surface area contributed by atoms with E-state index in [0.717, 1.165) is 10.9 Å². The molecule has 0 aliphatic carbocycles. The lowest BCUT2D eigenvalue weighted by Gasteiger charge is -2.40. The highest BCUT2D eigenvalue weighted by atomic mass is 32.1. The van der Waals surface area contributed by atoms with Gasteiger partial charge in [-0.3, -0.25) is 9.59 Å². The zero-order chi connectivity index (χ0) is 23.8. The smallest absolute Gasteiger partial charge is 0.371 e. The summed E-state index contributed by atoms with van der Waals surface area (Å²) in [7, 11) is 0. The number of nitrogens with zero attached hydrogens (tertiary/aromatic N) is 3. The van der Waals surface area contributed by atoms with E-state index in [0.29, 0.717) is 44.6 Å². The quantitative estimate of drug-likeness (QED) is 0.731. The summed E-state index contributed by atoms with van der Waals surface area (Å²) in [5.41, 5.74) is 4.39. The second-order valence-electron chi connectivity index (χ2n) is 8.73. The maximum absolute atomic E-state index is 13.3. The molecule has 174 valence electrons. The molecule has 1 atom stereocenters. The Kier molecular flexibility index (Phi) is 6.10. The number of carbonyl (C=O) groups is 2. The molecule has 2 N–H and O–H groups in total. The van der Waals surface area contributed by atoms with Crippen LogP contribution in [-0.4, -0.2) is 42.4 Å². The van der Waals surface area contributed by atoms with Crippen molar-refractivity contribution < 1.29 is 22.8 Å². The van der Waals surface area contributed by atoms with Crippen molar-refractivity contribution in [2.45, 2.75) is 37.9 Å². The molecule has 2 amide bonds. The molecule has 1 unspecified atom stereocenters. The molecular formula is C23H23F3N4O2S. The minimum Gasteiger partial charge on any atom is -0.371 e. The van der Waals surface area contributed by atoms with Gasteiger partial charge in [-0.05, 0) is 54.3 Å². The van der Waals surface area contributed by atoms with Crippen LogP contribution in [0.25, 0.3) is 0 Å². The van der Waals surface area contributed by atoms with Gasteiger partial charge in [-0.2, -0.15) is 18.4 Å². The lowest BCUT2D eigenvalue weighted by atomic mass is 9.76. The van der Waals surface area contributed by atoms with E-state index in [1.54, 1.807) is 11.0 Å². The zero-order valence-corrected chi connectivity index (χ0v) is 18.6. The number of thiophene rings is 1. The number of halogens is 3. The molecular weight excluding hydrogens is 453 g/mol. The van der Waals surface area contributed by atoms with Gasteiger partial charge in [0.05, 0.1) is 23.6 Å². The molecule has 4 rings (SSSR count). The van der Waals surface area contributed by atoms with E-state index in [4.69, 9.17) is 11.0 Å². The predicted octanol–water partition coefficient (Wildman–Crippen LogP) is 3.55. The molecule has 2 saturated heterocycles. The van der Waals surface area contributed by atoms with Gasteiger partial charge in [0.2, 0.25) is 11.8 Å². The SMILES string of the molecule is N#Cc1ccc(N2CCC3(CC2)CC(C(N)=O)N(C(=O)Cc2cccs2)C3)cc1C(F)(F)F. The Hall–Kier alpha value is -3.06. The first-order valence-corrected chi connectivity index (χ1v) is 11.5. The molecule has 10 heteroatoms. The minimum absolute atomic E-state index is 0.137. The number of likely N-dealkylation sites (tertiary alicyclic amines) is 1. The number of nitriles is 1. The number of piperidine rings is 1. The van der Waals surface area contributed by atoms with E-state index in [9.17, 15) is 22.8 Å². The number of anilines is 1. The Morgan fingerprint density at radius 3 is 2.55 bits per heavy atom. The van der Waals surface area contributed by atoms with Crippen LogP contribution >= 0.6 is 11.3 Å². The van der Waals surface area contributed by atoms with Crippen molar-refractivity contribution in [2.75, 3.05) is 24.5 Å². The first-order valence-electron chi connectivity index (χ1n) is 10.6. The van der Waals surface area contributed by atoms with Crippen molar-refractivity contribution in [1.29, 1.82) is 5.26 Å². The highest BCUT2D eigenvalue weighted by molar-refractivity contribution is 7.10. The van der Waals surface area contributed by atoms with E-state index in [1.165, 1.54) is 23.5 Å². The topological polar surface area (TPSA) is 90.4 Å². The predicted molar refractivity (Wildman–Crippen MR) is 117 cm³/mol. The van der Waals surface area contributed by atoms with E-state index in [1.807, 2.05) is 22.4 Å². The molecule has 2 fully saturated rings. The molecule has 0 saturated carbocycles. The summed E-state index contributed by atoms with van der Waals surface area (Å²) in [5, 5.41) is 10.9. The Labute approximate surface area is 193 Å². The standard InChI is InChI=1S/C23H23F3N4O2S/c24-23(25,26)18-10-16(4-3-15(18)13-27)29-7-5-22(6-8-29)12-19(21(28)32)30(14-22)20(31)11-17-2-1-9-33-17/h1-4,9-10,19H,5-8,11-12,14H2,(H2,28,32). The number of benzene rings is 1. The van der Waals surface area contributed by atoms with E-state index < -0.39 is 29.3 Å². The third-order valence-electron chi connectivity index (χ3n) is 6.68. The molecule has 6 nitrogen and oxygen atoms in total. The molecule has 33 heavy (non-hydrogen) atoms. The van der Waals surface area contributed by atoms with Gasteiger partial charge in [-0.15, -0.1) is 11.3 Å². The summed E-state index contributed by atoms with van der Waals surface area (Å²) in [6.45, 7) is 1.39. The van der Waals surface area contributed by atoms with Gasteiger partial charge in [0.1, 0.15) is 6.04 Å². The van der Waals surface area contributed by atoms with Crippen LogP contribution in [0.1, 0.15) is 35.3 Å². The minimum atomic E-state index is -4.61. The van der Waals surface area contributed by atoms with Crippen LogP contribution in [0.5, 0.6) is 0 Å². The lowest BCUT2D eigenvalue weighted by molar-refractivity contribution is -0.137. The maximum atomic E-state index is 13.3. The monoisotopic (exact) mass is 476 g/mol. The van der Waals surface area contributed by atoms with Gasteiger partial charge in [-0.1, -0.05) is 6.07 Å². The van der Waals surface area contributed by atoms with Crippen molar-refractivity contribution in [3.05, 3.63) is 51.7 Å². The van der Waals surface area contributed by atoms with Crippen LogP contribution in [0, 0.1) is 16.7 Å². The Balaban J connectivity index is 1.48. The number of hydrogen-bond donors (Lipinski definition) is 1. The third kappa shape index (κ3) is 4.69. The summed E-state index contributed by atoms with van der Waals surface area (Å²) in [4.78, 5) is 29.4. The van der Waals surface area contributed by atoms with E-state index in [-0.39, 0.29) is 17.7 Å². The fraction of sp³-hybridized carbons (Fsp3) is 0.435. The summed E-state index contributed by atoms with van der Waals surface area (Å²) >= 11 is 1.48. The average Bonchev–Trinajstić information content (AvgIpc) is 3.41. The Morgan fingerprint density at radius 2 is 1.97 bits per heavy atom. The first-order chi connectivity index (χ1) is 15.6. The van der Waals surface area contributed by atoms with Gasteiger partial charge < -0.3 is 15.5 Å². The fourth-order valence-corrected chi connectivity index (χ4v) is 5.59. The number of hydrogen-bond acceptors (Lipinski definition) is 5. The second kappa shape index (κ2) is 8.71. The molecule has 0 bridgehead atoms. The van der Waals surface area contributed by atoms with Crippen molar-refractivity contribution in [3.8, 4) is 6.07 Å². The second-order valence-corrected chi connectivity index (χ2v) is 9.76. The normalized spacial score (nSPS) is 20.1. The van der Waals surface area contributed by atoms with Crippen LogP contribution in [-0.2, 0) is 22.2 Å². The van der Waals surface area contributed by atoms with Crippen molar-refractivity contribution in [3.63, 3.8) is 0 Å². The molecule has 2 aliphatic rings. The van der Waals surface area contributed by atoms with Crippen LogP contribution in [0.2, 0.25) is 0 Å². The summed E-state index contributed by atoms with van der Waals surface area (Å²) in [6, 6.07) is 8.43. The van der Waals surface area contributed by atoms with Crippen LogP contribution < -0.4 is 10.6 Å². The molecule has 0 radical (unpaired) electrons. The highest BCUT2D eigenvalue weighted by Gasteiger charge is 2.49. The highest BCUT2D eigenvalue weighted by Crippen LogP contribution is 2.45. The molecule has 2 aromatic rings. The van der Waals surface area contributed by atoms with Crippen LogP contribution in [0.15, 0.2) is 35.7 Å². The third-order valence-corrected chi connectivity index (χ3v) is 7.56. The average molecular weight is 477 g/mol. The van der Waals surface area contributed by atoms with Crippen LogP contribution in [0.3, 0.4) is 0 Å². The van der Waals surface area contributed by atoms with Gasteiger partial charge in [0.25, 0.3) is 0 Å². The number of rotatable bonds is 4. The summed E-state index contributed by atoms with van der Waals surface area (Å²) < 4.78 is 40.0. The zero-order valence-electron chi connectivity index (χ0n) is 17.8. The molecule has 1 spiro atoms. The number of nitrogens with two attached hydrogens (primary N) is 1. The van der Waals surface area contributed by atoms with Crippen molar-refractivity contribution in [1.82, 2.24) is 4.90 Å². The summed E-state index contributed by atoms with van der Waals surface area (Å²) in [5.74, 6) is -0.668. The molecule has 1 aromatic carbocycles. The Morgan fingerprint density at radius 1 is 1.24 bits per heavy atom. The largest absolute Gasteiger partial charge is 0.417 e. The Bertz CT molecular complexity index is 1090. The van der Waals surface area contributed by atoms with Crippen molar-refractivity contribution >= 4 is 28.8 Å². The fourth-order valence-electron chi connectivity index (χ4n) is 4.90.